The van der Waals surface area contributed by atoms with Gasteiger partial charge in [-0.2, -0.15) is 0 Å². The Balaban J connectivity index is -0.000000765. The largest absolute Gasteiger partial charge is 0.416 e. The molecule has 0 rings (SSSR count). The summed E-state index contributed by atoms with van der Waals surface area (Å²) in [5.74, 6) is 0. The highest BCUT2D eigenvalue weighted by atomic mass is 28.4. The Morgan fingerprint density at radius 2 is 0.885 bits per heavy atom. The van der Waals surface area contributed by atoms with Gasteiger partial charge in [-0.05, 0) is 108 Å². The van der Waals surface area contributed by atoms with Crippen molar-refractivity contribution in [2.75, 3.05) is 113 Å². The summed E-state index contributed by atoms with van der Waals surface area (Å²) in [6.45, 7) is 35.8. The van der Waals surface area contributed by atoms with Gasteiger partial charge in [0.15, 0.2) is 16.6 Å². The molecule has 0 aromatic carbocycles. The zero-order valence-electron chi connectivity index (χ0n) is 36.5. The van der Waals surface area contributed by atoms with E-state index in [1.165, 1.54) is 32.1 Å². The fourth-order valence-electron chi connectivity index (χ4n) is 3.87. The fraction of sp³-hybridized carbons (Fsp3) is 0.974. The van der Waals surface area contributed by atoms with Gasteiger partial charge in [0, 0.05) is 60.2 Å². The molecule has 0 bridgehead atoms. The van der Waals surface area contributed by atoms with Crippen LogP contribution in [0.15, 0.2) is 0 Å². The quantitative estimate of drug-likeness (QED) is 0.0320. The third-order valence-electron chi connectivity index (χ3n) is 9.48. The Bertz CT molecular complexity index is 740. The van der Waals surface area contributed by atoms with E-state index in [-0.39, 0.29) is 0 Å². The van der Waals surface area contributed by atoms with Crippen molar-refractivity contribution in [1.29, 1.82) is 0 Å². The minimum atomic E-state index is -1.58. The number of unbranched alkanes of at least 4 members (excludes halogenated alkanes) is 5. The average molecular weight is 783 g/mol. The Morgan fingerprint density at radius 3 is 1.27 bits per heavy atom. The molecule has 0 aromatic heterocycles. The van der Waals surface area contributed by atoms with Crippen molar-refractivity contribution in [3.63, 3.8) is 0 Å². The van der Waals surface area contributed by atoms with Crippen LogP contribution in [0.5, 0.6) is 0 Å². The van der Waals surface area contributed by atoms with E-state index in [0.717, 1.165) is 91.2 Å². The summed E-state index contributed by atoms with van der Waals surface area (Å²) < 4.78 is 32.4. The molecule has 5 N–H and O–H groups in total. The zero-order chi connectivity index (χ0) is 40.0. The predicted octanol–water partition coefficient (Wildman–Crippen LogP) is 6.77. The highest BCUT2D eigenvalue weighted by Crippen LogP contribution is 2.37. The van der Waals surface area contributed by atoms with Gasteiger partial charge in [0.25, 0.3) is 0 Å². The number of aldehydes is 1. The second-order valence-electron chi connectivity index (χ2n) is 16.3. The summed E-state index contributed by atoms with van der Waals surface area (Å²) in [5.41, 5.74) is 5.44. The molecule has 0 amide bonds. The number of nitrogens with two attached hydrogens (primary N) is 1. The summed E-state index contributed by atoms with van der Waals surface area (Å²) in [5, 5.41) is 11.0. The molecule has 316 valence electrons. The van der Waals surface area contributed by atoms with E-state index in [4.69, 9.17) is 33.5 Å². The number of hydrogen-bond donors (Lipinski definition) is 4. The monoisotopic (exact) mass is 783 g/mol. The summed E-state index contributed by atoms with van der Waals surface area (Å²) in [6.07, 6.45) is 10.7. The molecule has 11 nitrogen and oxygen atoms in total. The topological polar surface area (TPSA) is 135 Å². The number of nitrogens with one attached hydrogen (secondary N) is 3. The van der Waals surface area contributed by atoms with Crippen LogP contribution in [0.3, 0.4) is 0 Å². The van der Waals surface area contributed by atoms with Crippen molar-refractivity contribution in [3.05, 3.63) is 0 Å². The molecule has 0 saturated carbocycles. The second-order valence-corrected chi connectivity index (χ2v) is 25.9. The van der Waals surface area contributed by atoms with Crippen molar-refractivity contribution in [2.24, 2.45) is 5.73 Å². The van der Waals surface area contributed by atoms with Gasteiger partial charge in [0.1, 0.15) is 6.29 Å². The number of carbonyl (C=O) groups excluding carboxylic acids is 1. The molecule has 0 spiro atoms. The number of hydrogen-bond acceptors (Lipinski definition) is 11. The molecular weight excluding hydrogens is 693 g/mol. The molecule has 0 unspecified atom stereocenters. The minimum Gasteiger partial charge on any atom is -0.416 e. The van der Waals surface area contributed by atoms with Crippen molar-refractivity contribution in [3.8, 4) is 0 Å². The molecule has 0 heterocycles. The Morgan fingerprint density at radius 1 is 0.500 bits per heavy atom. The van der Waals surface area contributed by atoms with E-state index in [2.05, 4.69) is 83.7 Å². The molecule has 13 heteroatoms. The smallest absolute Gasteiger partial charge is 0.192 e. The standard InChI is InChI=1S/C19H44N2O3Si.C13H32N2OSi.C7H14O3/c1-19(2,3)25(5,6)24-16-14-21-12-9-7-8-11-20-13-10-15-23-18-17-22-4;1-13(2,3)17(4,5)16-12-11-15-10-8-6-7-9-14;1-9-6-7-10-5-3-2-4-8/h20-21H,7-18H2,1-6H3;15H,6-12,14H2,1-5H3;4H,2-3,5-7H2,1H3. The van der Waals surface area contributed by atoms with Crippen molar-refractivity contribution < 1.29 is 32.6 Å². The van der Waals surface area contributed by atoms with Crippen LogP contribution in [-0.2, 0) is 32.6 Å². The van der Waals surface area contributed by atoms with Gasteiger partial charge < -0.3 is 54.3 Å². The van der Waals surface area contributed by atoms with E-state index in [0.29, 0.717) is 49.5 Å². The van der Waals surface area contributed by atoms with Crippen LogP contribution >= 0.6 is 0 Å². The van der Waals surface area contributed by atoms with Gasteiger partial charge in [-0.3, -0.25) is 0 Å². The maximum atomic E-state index is 9.81. The second kappa shape index (κ2) is 37.6. The van der Waals surface area contributed by atoms with Crippen molar-refractivity contribution in [2.45, 2.75) is 136 Å². The van der Waals surface area contributed by atoms with Crippen molar-refractivity contribution in [1.82, 2.24) is 16.0 Å². The van der Waals surface area contributed by atoms with E-state index in [9.17, 15) is 4.79 Å². The molecule has 0 aliphatic carbocycles. The van der Waals surface area contributed by atoms with Crippen LogP contribution in [0.2, 0.25) is 36.3 Å². The molecular formula is C39H90N4O7Si2. The first kappa shape index (κ1) is 56.0. The molecule has 0 radical (unpaired) electrons. The van der Waals surface area contributed by atoms with Crippen LogP contribution in [0.25, 0.3) is 0 Å². The molecule has 52 heavy (non-hydrogen) atoms. The molecule has 0 aliphatic rings. The lowest BCUT2D eigenvalue weighted by atomic mass is 10.2. The highest BCUT2D eigenvalue weighted by Gasteiger charge is 2.37. The van der Waals surface area contributed by atoms with Crippen LogP contribution in [0.4, 0.5) is 0 Å². The highest BCUT2D eigenvalue weighted by molar-refractivity contribution is 6.74. The van der Waals surface area contributed by atoms with Crippen LogP contribution in [0, 0.1) is 0 Å². The minimum absolute atomic E-state index is 0.302. The van der Waals surface area contributed by atoms with Gasteiger partial charge in [0.05, 0.1) is 26.4 Å². The summed E-state index contributed by atoms with van der Waals surface area (Å²) in [4.78, 5) is 9.81. The van der Waals surface area contributed by atoms with Gasteiger partial charge in [-0.1, -0.05) is 54.4 Å². The van der Waals surface area contributed by atoms with Crippen molar-refractivity contribution >= 4 is 22.9 Å². The van der Waals surface area contributed by atoms with Crippen LogP contribution < -0.4 is 21.7 Å². The third-order valence-corrected chi connectivity index (χ3v) is 18.6. The van der Waals surface area contributed by atoms with Crippen LogP contribution in [-0.4, -0.2) is 136 Å². The van der Waals surface area contributed by atoms with Crippen LogP contribution in [0.1, 0.15) is 99.3 Å². The predicted molar refractivity (Wildman–Crippen MR) is 227 cm³/mol. The summed E-state index contributed by atoms with van der Waals surface area (Å²) in [7, 11) is 0.214. The van der Waals surface area contributed by atoms with E-state index >= 15 is 0 Å². The fourth-order valence-corrected chi connectivity index (χ4v) is 5.96. The zero-order valence-corrected chi connectivity index (χ0v) is 38.5. The molecule has 0 aromatic rings. The third kappa shape index (κ3) is 39.4. The SMILES string of the molecule is CC(C)(C)[Si](C)(C)OCCNCCCCCN.COCCOCCCC=O.COCCOCCCNCCCCCNCCO[Si](C)(C)C(C)(C)C. The first-order valence-electron chi connectivity index (χ1n) is 20.2. The Kier molecular flexibility index (Phi) is 40.5. The van der Waals surface area contributed by atoms with Gasteiger partial charge in [0.2, 0.25) is 0 Å². The number of methoxy groups -OCH3 is 2. The van der Waals surface area contributed by atoms with Gasteiger partial charge in [-0.15, -0.1) is 0 Å². The first-order chi connectivity index (χ1) is 24.5. The van der Waals surface area contributed by atoms with Gasteiger partial charge >= 0.3 is 0 Å². The lowest BCUT2D eigenvalue weighted by molar-refractivity contribution is -0.108. The van der Waals surface area contributed by atoms with E-state index < -0.39 is 16.6 Å². The average Bonchev–Trinajstić information content (AvgIpc) is 3.07. The number of carbonyl (C=O) groups is 1. The summed E-state index contributed by atoms with van der Waals surface area (Å²) in [6, 6.07) is 0. The molecule has 0 atom stereocenters. The van der Waals surface area contributed by atoms with Gasteiger partial charge in [-0.25, -0.2) is 0 Å². The maximum absolute atomic E-state index is 9.81. The first-order valence-corrected chi connectivity index (χ1v) is 26.0. The molecule has 0 aliphatic heterocycles. The Hall–Kier alpha value is -0.296. The molecule has 0 fully saturated rings. The number of rotatable bonds is 33. The van der Waals surface area contributed by atoms with E-state index in [1.807, 2.05) is 0 Å². The lowest BCUT2D eigenvalue weighted by Gasteiger charge is -2.36. The maximum Gasteiger partial charge on any atom is 0.192 e. The molecule has 0 saturated heterocycles. The summed E-state index contributed by atoms with van der Waals surface area (Å²) >= 11 is 0. The normalized spacial score (nSPS) is 12.2. The lowest BCUT2D eigenvalue weighted by Crippen LogP contribution is -2.42. The number of ether oxygens (including phenoxy) is 4. The Labute approximate surface area is 324 Å². The van der Waals surface area contributed by atoms with E-state index in [1.54, 1.807) is 14.2 Å².